The molecule has 0 saturated heterocycles. The Bertz CT molecular complexity index is 465. The predicted molar refractivity (Wildman–Crippen MR) is 52.3 cm³/mol. The first-order chi connectivity index (χ1) is 7.91. The van der Waals surface area contributed by atoms with E-state index in [1.807, 2.05) is 0 Å². The Kier molecular flexibility index (Phi) is 3.91. The van der Waals surface area contributed by atoms with Gasteiger partial charge >= 0.3 is 5.69 Å². The summed E-state index contributed by atoms with van der Waals surface area (Å²) in [7, 11) is 0. The Balaban J connectivity index is 2.84. The van der Waals surface area contributed by atoms with Gasteiger partial charge in [0, 0.05) is 6.07 Å². The van der Waals surface area contributed by atoms with E-state index in [1.54, 1.807) is 0 Å². The third kappa shape index (κ3) is 3.37. The third-order valence-corrected chi connectivity index (χ3v) is 1.80. The van der Waals surface area contributed by atoms with Crippen molar-refractivity contribution >= 4 is 11.6 Å². The van der Waals surface area contributed by atoms with Gasteiger partial charge in [0.25, 0.3) is 0 Å². The SMILES string of the molecule is NC(=O)CCOc1cc(F)c([N+](=O)[O-])cc1F. The van der Waals surface area contributed by atoms with Gasteiger partial charge in [-0.3, -0.25) is 14.9 Å². The molecule has 1 amide bonds. The van der Waals surface area contributed by atoms with Crippen LogP contribution < -0.4 is 10.5 Å². The number of carbonyl (C=O) groups is 1. The molecule has 0 aromatic heterocycles. The number of carbonyl (C=O) groups excluding carboxylic acids is 1. The predicted octanol–water partition coefficient (Wildman–Crippen LogP) is 1.13. The van der Waals surface area contributed by atoms with E-state index < -0.39 is 33.9 Å². The number of halogens is 2. The zero-order valence-corrected chi connectivity index (χ0v) is 8.48. The topological polar surface area (TPSA) is 95.5 Å². The van der Waals surface area contributed by atoms with Crippen molar-refractivity contribution in [3.63, 3.8) is 0 Å². The molecule has 0 bridgehead atoms. The fraction of sp³-hybridized carbons (Fsp3) is 0.222. The number of ether oxygens (including phenoxy) is 1. The first-order valence-electron chi connectivity index (χ1n) is 4.46. The lowest BCUT2D eigenvalue weighted by atomic mass is 10.3. The van der Waals surface area contributed by atoms with E-state index in [0.717, 1.165) is 0 Å². The summed E-state index contributed by atoms with van der Waals surface area (Å²) in [6, 6.07) is 0.962. The van der Waals surface area contributed by atoms with Gasteiger partial charge in [-0.05, 0) is 0 Å². The molecule has 8 heteroatoms. The van der Waals surface area contributed by atoms with Gasteiger partial charge < -0.3 is 10.5 Å². The number of nitro benzene ring substituents is 1. The number of primary amides is 1. The molecule has 0 fully saturated rings. The third-order valence-electron chi connectivity index (χ3n) is 1.80. The number of hydrogen-bond acceptors (Lipinski definition) is 4. The summed E-state index contributed by atoms with van der Waals surface area (Å²) >= 11 is 0. The van der Waals surface area contributed by atoms with Crippen LogP contribution in [0.5, 0.6) is 5.75 Å². The van der Waals surface area contributed by atoms with Crippen LogP contribution in [-0.2, 0) is 4.79 Å². The second-order valence-electron chi connectivity index (χ2n) is 3.06. The summed E-state index contributed by atoms with van der Waals surface area (Å²) < 4.78 is 31.0. The molecule has 0 aliphatic heterocycles. The van der Waals surface area contributed by atoms with Gasteiger partial charge in [-0.25, -0.2) is 4.39 Å². The zero-order valence-electron chi connectivity index (χ0n) is 8.48. The van der Waals surface area contributed by atoms with Crippen molar-refractivity contribution in [1.29, 1.82) is 0 Å². The number of benzene rings is 1. The molecule has 0 heterocycles. The van der Waals surface area contributed by atoms with Gasteiger partial charge in [-0.2, -0.15) is 4.39 Å². The van der Waals surface area contributed by atoms with Gasteiger partial charge in [-0.1, -0.05) is 0 Å². The maximum absolute atomic E-state index is 13.2. The maximum atomic E-state index is 13.2. The van der Waals surface area contributed by atoms with E-state index in [-0.39, 0.29) is 13.0 Å². The maximum Gasteiger partial charge on any atom is 0.307 e. The molecule has 0 radical (unpaired) electrons. The number of rotatable bonds is 5. The minimum absolute atomic E-state index is 0.169. The van der Waals surface area contributed by atoms with Crippen molar-refractivity contribution in [2.75, 3.05) is 6.61 Å². The highest BCUT2D eigenvalue weighted by atomic mass is 19.1. The highest BCUT2D eigenvalue weighted by Gasteiger charge is 2.19. The summed E-state index contributed by atoms with van der Waals surface area (Å²) in [6.07, 6.45) is -0.169. The zero-order chi connectivity index (χ0) is 13.0. The van der Waals surface area contributed by atoms with Crippen LogP contribution in [-0.4, -0.2) is 17.4 Å². The van der Waals surface area contributed by atoms with E-state index in [1.165, 1.54) is 0 Å². The molecule has 0 unspecified atom stereocenters. The number of amides is 1. The van der Waals surface area contributed by atoms with Crippen LogP contribution in [0.1, 0.15) is 6.42 Å². The molecule has 0 saturated carbocycles. The molecule has 0 spiro atoms. The normalized spacial score (nSPS) is 10.0. The number of nitrogens with zero attached hydrogens (tertiary/aromatic N) is 1. The van der Waals surface area contributed by atoms with E-state index in [0.29, 0.717) is 12.1 Å². The average molecular weight is 246 g/mol. The van der Waals surface area contributed by atoms with E-state index in [2.05, 4.69) is 0 Å². The van der Waals surface area contributed by atoms with Crippen molar-refractivity contribution in [1.82, 2.24) is 0 Å². The molecule has 0 aliphatic carbocycles. The van der Waals surface area contributed by atoms with Crippen molar-refractivity contribution < 1.29 is 23.2 Å². The van der Waals surface area contributed by atoms with Gasteiger partial charge in [0.2, 0.25) is 11.7 Å². The quantitative estimate of drug-likeness (QED) is 0.622. The number of hydrogen-bond donors (Lipinski definition) is 1. The van der Waals surface area contributed by atoms with Crippen LogP contribution in [0.25, 0.3) is 0 Å². The number of nitrogens with two attached hydrogens (primary N) is 1. The lowest BCUT2D eigenvalue weighted by molar-refractivity contribution is -0.387. The average Bonchev–Trinajstić information content (AvgIpc) is 2.21. The first-order valence-corrected chi connectivity index (χ1v) is 4.46. The largest absolute Gasteiger partial charge is 0.490 e. The summed E-state index contributed by atoms with van der Waals surface area (Å²) in [5.74, 6) is -3.46. The molecular weight excluding hydrogens is 238 g/mol. The summed E-state index contributed by atoms with van der Waals surface area (Å²) in [6.45, 7) is -0.233. The first kappa shape index (κ1) is 12.8. The van der Waals surface area contributed by atoms with Crippen LogP contribution in [0.3, 0.4) is 0 Å². The molecular formula is C9H8F2N2O4. The fourth-order valence-electron chi connectivity index (χ4n) is 1.03. The van der Waals surface area contributed by atoms with Gasteiger partial charge in [-0.15, -0.1) is 0 Å². The lowest BCUT2D eigenvalue weighted by Gasteiger charge is -2.06. The van der Waals surface area contributed by atoms with Crippen LogP contribution in [0.2, 0.25) is 0 Å². The van der Waals surface area contributed by atoms with E-state index in [4.69, 9.17) is 10.5 Å². The Morgan fingerprint density at radius 1 is 1.41 bits per heavy atom. The second kappa shape index (κ2) is 5.19. The van der Waals surface area contributed by atoms with Crippen LogP contribution in [0.4, 0.5) is 14.5 Å². The molecule has 17 heavy (non-hydrogen) atoms. The van der Waals surface area contributed by atoms with Gasteiger partial charge in [0.05, 0.1) is 24.0 Å². The summed E-state index contributed by atoms with van der Waals surface area (Å²) in [5.41, 5.74) is 3.83. The van der Waals surface area contributed by atoms with Gasteiger partial charge in [0.1, 0.15) is 0 Å². The van der Waals surface area contributed by atoms with E-state index in [9.17, 15) is 23.7 Å². The monoisotopic (exact) mass is 246 g/mol. The minimum atomic E-state index is -1.22. The Labute approximate surface area is 94.1 Å². The van der Waals surface area contributed by atoms with Crippen LogP contribution in [0, 0.1) is 21.7 Å². The lowest BCUT2D eigenvalue weighted by Crippen LogP contribution is -2.15. The molecule has 92 valence electrons. The molecule has 1 aromatic carbocycles. The second-order valence-corrected chi connectivity index (χ2v) is 3.06. The van der Waals surface area contributed by atoms with Crippen molar-refractivity contribution in [3.8, 4) is 5.75 Å². The highest BCUT2D eigenvalue weighted by Crippen LogP contribution is 2.26. The fourth-order valence-corrected chi connectivity index (χ4v) is 1.03. The van der Waals surface area contributed by atoms with Crippen LogP contribution in [0.15, 0.2) is 12.1 Å². The number of nitro groups is 1. The standard InChI is InChI=1S/C9H8F2N2O4/c10-5-4-8(17-2-1-9(12)14)6(11)3-7(5)13(15)16/h3-4H,1-2H2,(H2,12,14). The smallest absolute Gasteiger partial charge is 0.307 e. The molecule has 6 nitrogen and oxygen atoms in total. The molecule has 0 aliphatic rings. The summed E-state index contributed by atoms with van der Waals surface area (Å²) in [5, 5.41) is 10.3. The highest BCUT2D eigenvalue weighted by molar-refractivity contribution is 5.73. The van der Waals surface area contributed by atoms with Crippen molar-refractivity contribution in [3.05, 3.63) is 33.9 Å². The minimum Gasteiger partial charge on any atom is -0.490 e. The molecule has 0 atom stereocenters. The van der Waals surface area contributed by atoms with Crippen molar-refractivity contribution in [2.45, 2.75) is 6.42 Å². The molecule has 1 aromatic rings. The molecule has 2 N–H and O–H groups in total. The van der Waals surface area contributed by atoms with Crippen LogP contribution >= 0.6 is 0 Å². The Morgan fingerprint density at radius 3 is 2.59 bits per heavy atom. The Morgan fingerprint density at radius 2 is 2.06 bits per heavy atom. The van der Waals surface area contributed by atoms with Crippen molar-refractivity contribution in [2.24, 2.45) is 5.73 Å². The summed E-state index contributed by atoms with van der Waals surface area (Å²) in [4.78, 5) is 19.6. The molecule has 1 rings (SSSR count). The van der Waals surface area contributed by atoms with E-state index >= 15 is 0 Å². The van der Waals surface area contributed by atoms with Gasteiger partial charge in [0.15, 0.2) is 11.6 Å². The Hall–Kier alpha value is -2.25.